The minimum Gasteiger partial charge on any atom is -0.508 e. The van der Waals surface area contributed by atoms with E-state index < -0.39 is 5.41 Å². The number of aliphatic hydroxyl groups excluding tert-OH is 1. The number of hydrogen-bond acceptors (Lipinski definition) is 4. The summed E-state index contributed by atoms with van der Waals surface area (Å²) in [7, 11) is 1.64. The van der Waals surface area contributed by atoms with Crippen molar-refractivity contribution in [3.05, 3.63) is 65.7 Å². The standard InChI is InChI=1S/C20H18O4/c1-23-16-7-8-17-13(10-16)2-9-18-19(17)20(11-21,12-24-18)14-3-5-15(22)6-4-14/h2-10,21-22H,11-12H2,1H3/t20-/m1/s1. The van der Waals surface area contributed by atoms with Crippen molar-refractivity contribution in [1.82, 2.24) is 0 Å². The molecule has 0 radical (unpaired) electrons. The molecular weight excluding hydrogens is 304 g/mol. The SMILES string of the molecule is COc1ccc2c3c(ccc2c1)OC[C@]3(CO)c1ccc(O)cc1. The van der Waals surface area contributed by atoms with Crippen LogP contribution in [0.2, 0.25) is 0 Å². The third-order valence-corrected chi connectivity index (χ3v) is 4.83. The molecule has 0 bridgehead atoms. The summed E-state index contributed by atoms with van der Waals surface area (Å²) in [5, 5.41) is 21.9. The fourth-order valence-corrected chi connectivity index (χ4v) is 3.53. The van der Waals surface area contributed by atoms with E-state index in [2.05, 4.69) is 0 Å². The van der Waals surface area contributed by atoms with E-state index in [0.29, 0.717) is 6.61 Å². The molecule has 24 heavy (non-hydrogen) atoms. The Bertz CT molecular complexity index is 901. The zero-order valence-electron chi connectivity index (χ0n) is 13.3. The maximum Gasteiger partial charge on any atom is 0.124 e. The van der Waals surface area contributed by atoms with Crippen molar-refractivity contribution in [1.29, 1.82) is 0 Å². The molecule has 0 fully saturated rings. The quantitative estimate of drug-likeness (QED) is 0.777. The third kappa shape index (κ3) is 2.03. The zero-order valence-corrected chi connectivity index (χ0v) is 13.3. The monoisotopic (exact) mass is 322 g/mol. The average molecular weight is 322 g/mol. The van der Waals surface area contributed by atoms with Crippen molar-refractivity contribution in [3.8, 4) is 17.2 Å². The summed E-state index contributed by atoms with van der Waals surface area (Å²) in [6.45, 7) is 0.296. The van der Waals surface area contributed by atoms with Crippen LogP contribution in [0.1, 0.15) is 11.1 Å². The molecule has 4 nitrogen and oxygen atoms in total. The molecule has 0 aromatic heterocycles. The largest absolute Gasteiger partial charge is 0.508 e. The third-order valence-electron chi connectivity index (χ3n) is 4.83. The topological polar surface area (TPSA) is 58.9 Å². The number of aromatic hydroxyl groups is 1. The number of methoxy groups -OCH3 is 1. The molecule has 1 heterocycles. The Hall–Kier alpha value is -2.72. The van der Waals surface area contributed by atoms with Crippen LogP contribution in [-0.2, 0) is 5.41 Å². The van der Waals surface area contributed by atoms with Crippen molar-refractivity contribution < 1.29 is 19.7 Å². The van der Waals surface area contributed by atoms with Crippen molar-refractivity contribution in [3.63, 3.8) is 0 Å². The first-order valence-electron chi connectivity index (χ1n) is 7.82. The van der Waals surface area contributed by atoms with E-state index in [0.717, 1.165) is 33.4 Å². The number of phenols is 1. The number of fused-ring (bicyclic) bond motifs is 3. The van der Waals surface area contributed by atoms with E-state index in [1.54, 1.807) is 19.2 Å². The molecule has 4 heteroatoms. The smallest absolute Gasteiger partial charge is 0.124 e. The molecule has 0 unspecified atom stereocenters. The summed E-state index contributed by atoms with van der Waals surface area (Å²) >= 11 is 0. The summed E-state index contributed by atoms with van der Waals surface area (Å²) in [6, 6.07) is 16.8. The van der Waals surface area contributed by atoms with E-state index in [9.17, 15) is 10.2 Å². The van der Waals surface area contributed by atoms with Gasteiger partial charge >= 0.3 is 0 Å². The van der Waals surface area contributed by atoms with Crippen LogP contribution in [0.15, 0.2) is 54.6 Å². The van der Waals surface area contributed by atoms with Crippen molar-refractivity contribution in [2.24, 2.45) is 0 Å². The van der Waals surface area contributed by atoms with Crippen molar-refractivity contribution in [2.75, 3.05) is 20.3 Å². The summed E-state index contributed by atoms with van der Waals surface area (Å²) in [5.74, 6) is 1.78. The second-order valence-corrected chi connectivity index (χ2v) is 6.10. The van der Waals surface area contributed by atoms with Gasteiger partial charge in [-0.05, 0) is 46.7 Å². The summed E-state index contributed by atoms with van der Waals surface area (Å²) in [6.07, 6.45) is 0. The second kappa shape index (κ2) is 5.42. The highest BCUT2D eigenvalue weighted by Crippen LogP contribution is 2.47. The van der Waals surface area contributed by atoms with Gasteiger partial charge in [-0.25, -0.2) is 0 Å². The van der Waals surface area contributed by atoms with Crippen LogP contribution in [0.5, 0.6) is 17.2 Å². The number of ether oxygens (including phenoxy) is 2. The van der Waals surface area contributed by atoms with Crippen LogP contribution in [0, 0.1) is 0 Å². The molecule has 3 aromatic carbocycles. The molecule has 0 aliphatic carbocycles. The minimum atomic E-state index is -0.642. The number of hydrogen-bond donors (Lipinski definition) is 2. The molecular formula is C20H18O4. The van der Waals surface area contributed by atoms with Crippen LogP contribution in [0.4, 0.5) is 0 Å². The maximum atomic E-state index is 10.3. The van der Waals surface area contributed by atoms with Crippen LogP contribution >= 0.6 is 0 Å². The van der Waals surface area contributed by atoms with Gasteiger partial charge in [0.2, 0.25) is 0 Å². The molecule has 0 saturated heterocycles. The van der Waals surface area contributed by atoms with Crippen LogP contribution in [0.25, 0.3) is 10.8 Å². The van der Waals surface area contributed by atoms with Gasteiger partial charge in [0.25, 0.3) is 0 Å². The molecule has 0 spiro atoms. The Morgan fingerprint density at radius 2 is 1.88 bits per heavy atom. The number of benzene rings is 3. The average Bonchev–Trinajstić information content (AvgIpc) is 3.02. The lowest BCUT2D eigenvalue weighted by Gasteiger charge is -2.27. The van der Waals surface area contributed by atoms with Gasteiger partial charge in [0.05, 0.1) is 19.1 Å². The molecule has 1 atom stereocenters. The molecule has 122 valence electrons. The summed E-state index contributed by atoms with van der Waals surface area (Å²) < 4.78 is 11.2. The lowest BCUT2D eigenvalue weighted by molar-refractivity contribution is 0.185. The Labute approximate surface area is 139 Å². The lowest BCUT2D eigenvalue weighted by atomic mass is 9.75. The van der Waals surface area contributed by atoms with Crippen LogP contribution in [0.3, 0.4) is 0 Å². The molecule has 1 aliphatic rings. The van der Waals surface area contributed by atoms with Crippen LogP contribution in [-0.4, -0.2) is 30.5 Å². The Kier molecular flexibility index (Phi) is 3.36. The molecule has 4 rings (SSSR count). The highest BCUT2D eigenvalue weighted by molar-refractivity contribution is 5.91. The van der Waals surface area contributed by atoms with Crippen LogP contribution < -0.4 is 9.47 Å². The Balaban J connectivity index is 1.98. The van der Waals surface area contributed by atoms with Gasteiger partial charge in [0, 0.05) is 5.56 Å². The normalized spacial score (nSPS) is 19.1. The van der Waals surface area contributed by atoms with Gasteiger partial charge in [0.15, 0.2) is 0 Å². The first kappa shape index (κ1) is 14.8. The molecule has 0 amide bonds. The maximum absolute atomic E-state index is 10.3. The highest BCUT2D eigenvalue weighted by atomic mass is 16.5. The van der Waals surface area contributed by atoms with E-state index >= 15 is 0 Å². The lowest BCUT2D eigenvalue weighted by Crippen LogP contribution is -2.33. The molecule has 2 N–H and O–H groups in total. The van der Waals surface area contributed by atoms with Crippen molar-refractivity contribution >= 4 is 10.8 Å². The van der Waals surface area contributed by atoms with Gasteiger partial charge in [0.1, 0.15) is 23.9 Å². The van der Waals surface area contributed by atoms with Gasteiger partial charge in [-0.15, -0.1) is 0 Å². The molecule has 3 aromatic rings. The molecule has 0 saturated carbocycles. The van der Waals surface area contributed by atoms with Gasteiger partial charge in [-0.1, -0.05) is 24.3 Å². The number of phenolic OH excluding ortho intramolecular Hbond substituents is 1. The van der Waals surface area contributed by atoms with Gasteiger partial charge < -0.3 is 19.7 Å². The first-order chi connectivity index (χ1) is 11.7. The van der Waals surface area contributed by atoms with E-state index in [4.69, 9.17) is 9.47 Å². The van der Waals surface area contributed by atoms with Crippen molar-refractivity contribution in [2.45, 2.75) is 5.41 Å². The minimum absolute atomic E-state index is 0.0735. The fourth-order valence-electron chi connectivity index (χ4n) is 3.53. The predicted octanol–water partition coefficient (Wildman–Crippen LogP) is 3.22. The number of aliphatic hydroxyl groups is 1. The number of rotatable bonds is 3. The Morgan fingerprint density at radius 3 is 2.58 bits per heavy atom. The molecule has 1 aliphatic heterocycles. The summed E-state index contributed by atoms with van der Waals surface area (Å²) in [4.78, 5) is 0. The van der Waals surface area contributed by atoms with Gasteiger partial charge in [-0.2, -0.15) is 0 Å². The van der Waals surface area contributed by atoms with E-state index in [1.165, 1.54) is 0 Å². The zero-order chi connectivity index (χ0) is 16.7. The predicted molar refractivity (Wildman–Crippen MR) is 92.0 cm³/mol. The van der Waals surface area contributed by atoms with Gasteiger partial charge in [-0.3, -0.25) is 0 Å². The Morgan fingerprint density at radius 1 is 1.08 bits per heavy atom. The first-order valence-corrected chi connectivity index (χ1v) is 7.82. The fraction of sp³-hybridized carbons (Fsp3) is 0.200. The van der Waals surface area contributed by atoms with E-state index in [-0.39, 0.29) is 12.4 Å². The highest BCUT2D eigenvalue weighted by Gasteiger charge is 2.43. The van der Waals surface area contributed by atoms with E-state index in [1.807, 2.05) is 42.5 Å². The summed E-state index contributed by atoms with van der Waals surface area (Å²) in [5.41, 5.74) is 1.26. The second-order valence-electron chi connectivity index (χ2n) is 6.10.